The van der Waals surface area contributed by atoms with Gasteiger partial charge >= 0.3 is 0 Å². The third-order valence-corrected chi connectivity index (χ3v) is 7.96. The molecule has 7 heteroatoms. The Labute approximate surface area is 224 Å². The molecule has 1 aliphatic carbocycles. The number of hydrogen-bond donors (Lipinski definition) is 1. The maximum Gasteiger partial charge on any atom is 0.250 e. The SMILES string of the molecule is COCCCc1ccc(-c2cccnc2)cc1CN(C(=O)C1CNCCC1c1ccn(C)c(=O)c1)C1CC1. The van der Waals surface area contributed by atoms with E-state index in [4.69, 9.17) is 4.74 Å². The first-order valence-corrected chi connectivity index (χ1v) is 13.7. The van der Waals surface area contributed by atoms with Gasteiger partial charge in [-0.15, -0.1) is 0 Å². The van der Waals surface area contributed by atoms with Crippen LogP contribution in [0.4, 0.5) is 0 Å². The molecule has 2 fully saturated rings. The molecule has 0 spiro atoms. The fourth-order valence-electron chi connectivity index (χ4n) is 5.62. The number of methoxy groups -OCH3 is 1. The first kappa shape index (κ1) is 26.3. The first-order valence-electron chi connectivity index (χ1n) is 13.7. The molecular weight excluding hydrogens is 476 g/mol. The first-order chi connectivity index (χ1) is 18.5. The summed E-state index contributed by atoms with van der Waals surface area (Å²) in [6, 6.07) is 14.6. The van der Waals surface area contributed by atoms with E-state index < -0.39 is 0 Å². The van der Waals surface area contributed by atoms with Gasteiger partial charge in [0.05, 0.1) is 5.92 Å². The molecule has 2 unspecified atom stereocenters. The summed E-state index contributed by atoms with van der Waals surface area (Å²) >= 11 is 0. The average Bonchev–Trinajstić information content (AvgIpc) is 3.79. The highest BCUT2D eigenvalue weighted by Gasteiger charge is 2.40. The molecule has 1 aliphatic heterocycles. The smallest absolute Gasteiger partial charge is 0.250 e. The molecule has 2 aliphatic rings. The van der Waals surface area contributed by atoms with E-state index in [2.05, 4.69) is 39.5 Å². The monoisotopic (exact) mass is 514 g/mol. The van der Waals surface area contributed by atoms with Crippen molar-refractivity contribution in [2.75, 3.05) is 26.8 Å². The Bertz CT molecular complexity index is 1300. The Morgan fingerprint density at radius 1 is 1.13 bits per heavy atom. The number of carbonyl (C=O) groups is 1. The van der Waals surface area contributed by atoms with Crippen molar-refractivity contribution in [3.8, 4) is 11.1 Å². The number of aromatic nitrogens is 2. The zero-order chi connectivity index (χ0) is 26.5. The van der Waals surface area contributed by atoms with E-state index in [1.165, 1.54) is 11.1 Å². The normalized spacial score (nSPS) is 19.3. The standard InChI is InChI=1S/C31H38N4O3/c1-34-15-12-24(18-30(34)36)28-11-14-33-20-29(28)31(37)35(27-9-10-27)21-26-17-23(25-5-3-13-32-19-25)8-7-22(26)6-4-16-38-2/h3,5,7-8,12-13,15,17-19,27-29,33H,4,6,9-11,14,16,20-21H2,1-2H3. The van der Waals surface area contributed by atoms with Crippen LogP contribution in [-0.4, -0.2) is 53.2 Å². The molecule has 0 bridgehead atoms. The summed E-state index contributed by atoms with van der Waals surface area (Å²) in [6.07, 6.45) is 10.3. The molecular formula is C31H38N4O3. The minimum absolute atomic E-state index is 0.0285. The number of nitrogens with one attached hydrogen (secondary N) is 1. The Morgan fingerprint density at radius 3 is 2.74 bits per heavy atom. The highest BCUT2D eigenvalue weighted by atomic mass is 16.5. The zero-order valence-electron chi connectivity index (χ0n) is 22.4. The van der Waals surface area contributed by atoms with Gasteiger partial charge in [-0.1, -0.05) is 18.2 Å². The van der Waals surface area contributed by atoms with Crippen LogP contribution in [0.5, 0.6) is 0 Å². The number of ether oxygens (including phenoxy) is 1. The van der Waals surface area contributed by atoms with E-state index in [1.807, 2.05) is 24.5 Å². The predicted molar refractivity (Wildman–Crippen MR) is 149 cm³/mol. The highest BCUT2D eigenvalue weighted by molar-refractivity contribution is 5.81. The van der Waals surface area contributed by atoms with Crippen molar-refractivity contribution in [2.24, 2.45) is 13.0 Å². The van der Waals surface area contributed by atoms with Crippen LogP contribution in [0.1, 0.15) is 48.3 Å². The fraction of sp³-hybridized carbons (Fsp3) is 0.452. The lowest BCUT2D eigenvalue weighted by Gasteiger charge is -2.36. The second-order valence-corrected chi connectivity index (χ2v) is 10.6. The summed E-state index contributed by atoms with van der Waals surface area (Å²) < 4.78 is 6.89. The van der Waals surface area contributed by atoms with Crippen molar-refractivity contribution < 1.29 is 9.53 Å². The van der Waals surface area contributed by atoms with Crippen molar-refractivity contribution in [3.05, 3.63) is 88.1 Å². The fourth-order valence-corrected chi connectivity index (χ4v) is 5.62. The number of rotatable bonds is 10. The topological polar surface area (TPSA) is 76.5 Å². The molecule has 2 atom stereocenters. The van der Waals surface area contributed by atoms with Gasteiger partial charge in [-0.05, 0) is 90.6 Å². The van der Waals surface area contributed by atoms with Crippen LogP contribution >= 0.6 is 0 Å². The van der Waals surface area contributed by atoms with Crippen LogP contribution in [-0.2, 0) is 29.5 Å². The average molecular weight is 515 g/mol. The van der Waals surface area contributed by atoms with Crippen LogP contribution in [0, 0.1) is 5.92 Å². The number of amides is 1. The van der Waals surface area contributed by atoms with Crippen LogP contribution in [0.3, 0.4) is 0 Å². The summed E-state index contributed by atoms with van der Waals surface area (Å²) in [6.45, 7) is 2.79. The number of nitrogens with zero attached hydrogens (tertiary/aromatic N) is 3. The molecule has 1 N–H and O–H groups in total. The molecule has 3 heterocycles. The van der Waals surface area contributed by atoms with Crippen LogP contribution in [0.15, 0.2) is 65.8 Å². The Morgan fingerprint density at radius 2 is 2.00 bits per heavy atom. The van der Waals surface area contributed by atoms with Crippen molar-refractivity contribution in [1.82, 2.24) is 19.8 Å². The molecule has 2 aromatic heterocycles. The van der Waals surface area contributed by atoms with Gasteiger partial charge in [0, 0.05) is 64.6 Å². The van der Waals surface area contributed by atoms with E-state index in [1.54, 1.807) is 31.0 Å². The minimum atomic E-state index is -0.185. The van der Waals surface area contributed by atoms with Crippen molar-refractivity contribution >= 4 is 5.91 Å². The van der Waals surface area contributed by atoms with Crippen LogP contribution in [0.25, 0.3) is 11.1 Å². The van der Waals surface area contributed by atoms with E-state index in [-0.39, 0.29) is 29.3 Å². The minimum Gasteiger partial charge on any atom is -0.385 e. The van der Waals surface area contributed by atoms with Gasteiger partial charge in [-0.25, -0.2) is 0 Å². The predicted octanol–water partition coefficient (Wildman–Crippen LogP) is 3.91. The van der Waals surface area contributed by atoms with Crippen molar-refractivity contribution in [2.45, 2.75) is 50.6 Å². The number of pyridine rings is 2. The number of carbonyl (C=O) groups excluding carboxylic acids is 1. The summed E-state index contributed by atoms with van der Waals surface area (Å²) in [5.74, 6) is 0.0525. The third kappa shape index (κ3) is 6.05. The number of hydrogen-bond acceptors (Lipinski definition) is 5. The number of piperidine rings is 1. The molecule has 3 aromatic rings. The molecule has 1 aromatic carbocycles. The van der Waals surface area contributed by atoms with Gasteiger partial charge < -0.3 is 19.5 Å². The van der Waals surface area contributed by atoms with Gasteiger partial charge in [0.2, 0.25) is 5.91 Å². The molecule has 38 heavy (non-hydrogen) atoms. The molecule has 1 amide bonds. The van der Waals surface area contributed by atoms with Gasteiger partial charge in [-0.3, -0.25) is 14.6 Å². The zero-order valence-corrected chi connectivity index (χ0v) is 22.4. The summed E-state index contributed by atoms with van der Waals surface area (Å²) in [5, 5.41) is 3.44. The number of aryl methyl sites for hydroxylation is 2. The Hall–Kier alpha value is -3.29. The van der Waals surface area contributed by atoms with E-state index in [0.29, 0.717) is 19.7 Å². The van der Waals surface area contributed by atoms with Gasteiger partial charge in [-0.2, -0.15) is 0 Å². The molecule has 0 radical (unpaired) electrons. The lowest BCUT2D eigenvalue weighted by atomic mass is 9.80. The second-order valence-electron chi connectivity index (χ2n) is 10.6. The van der Waals surface area contributed by atoms with Gasteiger partial charge in [0.25, 0.3) is 5.56 Å². The molecule has 5 rings (SSSR count). The maximum absolute atomic E-state index is 14.2. The molecule has 200 valence electrons. The van der Waals surface area contributed by atoms with Crippen LogP contribution < -0.4 is 10.9 Å². The Kier molecular flexibility index (Phi) is 8.35. The quantitative estimate of drug-likeness (QED) is 0.415. The molecule has 1 saturated heterocycles. The van der Waals surface area contributed by atoms with E-state index in [9.17, 15) is 9.59 Å². The third-order valence-electron chi connectivity index (χ3n) is 7.96. The van der Waals surface area contributed by atoms with Gasteiger partial charge in [0.1, 0.15) is 0 Å². The molecule has 7 nitrogen and oxygen atoms in total. The number of benzene rings is 1. The lowest BCUT2D eigenvalue weighted by molar-refractivity contribution is -0.138. The Balaban J connectivity index is 1.44. The molecule has 1 saturated carbocycles. The summed E-state index contributed by atoms with van der Waals surface area (Å²) in [5.41, 5.74) is 5.59. The maximum atomic E-state index is 14.2. The van der Waals surface area contributed by atoms with Gasteiger partial charge in [0.15, 0.2) is 0 Å². The second kappa shape index (κ2) is 12.0. The summed E-state index contributed by atoms with van der Waals surface area (Å²) in [7, 11) is 3.49. The lowest BCUT2D eigenvalue weighted by Crippen LogP contribution is -2.47. The largest absolute Gasteiger partial charge is 0.385 e. The van der Waals surface area contributed by atoms with Crippen molar-refractivity contribution in [1.29, 1.82) is 0 Å². The van der Waals surface area contributed by atoms with E-state index in [0.717, 1.165) is 55.3 Å². The van der Waals surface area contributed by atoms with Crippen LogP contribution in [0.2, 0.25) is 0 Å². The summed E-state index contributed by atoms with van der Waals surface area (Å²) in [4.78, 5) is 33.0. The van der Waals surface area contributed by atoms with Crippen molar-refractivity contribution in [3.63, 3.8) is 0 Å². The highest BCUT2D eigenvalue weighted by Crippen LogP contribution is 2.36. The van der Waals surface area contributed by atoms with E-state index >= 15 is 0 Å².